The monoisotopic (exact) mass is 837 g/mol. The van der Waals surface area contributed by atoms with Gasteiger partial charge in [-0.15, -0.1) is 0 Å². The van der Waals surface area contributed by atoms with Gasteiger partial charge < -0.3 is 0 Å². The highest BCUT2D eigenvalue weighted by molar-refractivity contribution is 7.74. The summed E-state index contributed by atoms with van der Waals surface area (Å²) in [6, 6.07) is 77.6. The van der Waals surface area contributed by atoms with E-state index in [1.54, 1.807) is 0 Å². The summed E-state index contributed by atoms with van der Waals surface area (Å²) in [6.45, 7) is 4.64. The number of nitrogens with zero attached hydrogens (tertiary/aromatic N) is 1. The molecule has 0 spiro atoms. The third-order valence-electron chi connectivity index (χ3n) is 12.5. The molecule has 2 heterocycles. The van der Waals surface area contributed by atoms with Gasteiger partial charge in [0.25, 0.3) is 0 Å². The lowest BCUT2D eigenvalue weighted by molar-refractivity contribution is 0.582. The summed E-state index contributed by atoms with van der Waals surface area (Å²) in [4.78, 5) is 0. The van der Waals surface area contributed by atoms with Crippen LogP contribution in [0.15, 0.2) is 249 Å². The molecule has 0 N–H and O–H groups in total. The van der Waals surface area contributed by atoms with Gasteiger partial charge in [0.2, 0.25) is 7.29 Å². The molecule has 9 aromatic carbocycles. The van der Waals surface area contributed by atoms with Gasteiger partial charge in [-0.1, -0.05) is 183 Å². The molecule has 2 aliphatic heterocycles. The van der Waals surface area contributed by atoms with Gasteiger partial charge in [-0.3, -0.25) is 9.24 Å². The zero-order valence-electron chi connectivity index (χ0n) is 35.3. The molecule has 0 amide bonds. The van der Waals surface area contributed by atoms with Crippen LogP contribution in [0.3, 0.4) is 0 Å². The smallest absolute Gasteiger partial charge is 0.209 e. The quantitative estimate of drug-likeness (QED) is 0.156. The van der Waals surface area contributed by atoms with Gasteiger partial charge >= 0.3 is 0 Å². The summed E-state index contributed by atoms with van der Waals surface area (Å²) < 4.78 is 18.4. The van der Waals surface area contributed by atoms with Gasteiger partial charge in [-0.05, 0) is 145 Å². The fourth-order valence-corrected chi connectivity index (χ4v) is 12.3. The molecule has 2 nitrogen and oxygen atoms in total. The standard InChI is InChI=1S/C61H44NOP/c1-43-19-7-6-18-34-64(63)61-29-17-16-28-56(61)58-42-49(55-39-52(46-24-12-4-13-25-46)36-53(40-55)47-26-14-5-15-27-47)31-33-60(58)62(64)59-32-30-48(41-57(43)59)54-37-50(44-20-8-2-9-21-44)35-51(38-54)45-22-10-3-11-23-45/h2-33,35-42H,1,34H2/b18-6-,19-7-. The van der Waals surface area contributed by atoms with Crippen LogP contribution in [0, 0.1) is 0 Å². The maximum Gasteiger partial charge on any atom is 0.209 e. The van der Waals surface area contributed by atoms with Crippen molar-refractivity contribution in [2.45, 2.75) is 0 Å². The van der Waals surface area contributed by atoms with Crippen LogP contribution in [-0.4, -0.2) is 6.16 Å². The molecule has 3 heteroatoms. The minimum Gasteiger partial charge on any atom is -0.294 e. The predicted molar refractivity (Wildman–Crippen MR) is 272 cm³/mol. The molecule has 2 aliphatic rings. The molecule has 11 rings (SSSR count). The van der Waals surface area contributed by atoms with Crippen LogP contribution in [0.25, 0.3) is 83.5 Å². The summed E-state index contributed by atoms with van der Waals surface area (Å²) in [5, 5.41) is 0.862. The second-order valence-corrected chi connectivity index (χ2v) is 19.2. The highest BCUT2D eigenvalue weighted by atomic mass is 31.2. The normalized spacial score (nSPS) is 16.1. The molecule has 0 saturated carbocycles. The number of anilines is 2. The topological polar surface area (TPSA) is 20.3 Å². The first-order chi connectivity index (χ1) is 31.5. The molecule has 0 aromatic heterocycles. The minimum absolute atomic E-state index is 0.377. The van der Waals surface area contributed by atoms with Gasteiger partial charge in [-0.2, -0.15) is 0 Å². The Morgan fingerprint density at radius 3 is 1.22 bits per heavy atom. The van der Waals surface area contributed by atoms with E-state index in [0.29, 0.717) is 6.16 Å². The van der Waals surface area contributed by atoms with Crippen molar-refractivity contribution < 1.29 is 4.57 Å². The van der Waals surface area contributed by atoms with Crippen molar-refractivity contribution in [3.8, 4) is 77.9 Å². The maximum absolute atomic E-state index is 16.2. The molecule has 1 unspecified atom stereocenters. The van der Waals surface area contributed by atoms with Crippen LogP contribution in [0.1, 0.15) is 5.56 Å². The molecular formula is C61H44NOP. The van der Waals surface area contributed by atoms with Crippen molar-refractivity contribution in [3.63, 3.8) is 0 Å². The van der Waals surface area contributed by atoms with E-state index in [0.717, 1.165) is 94.6 Å². The molecular weight excluding hydrogens is 794 g/mol. The number of fused-ring (bicyclic) bond motifs is 8. The SMILES string of the molecule is C=C1/C=C\C=C/CP2(=O)c3ccccc3-c3cc(-c4cc(-c5ccccc5)cc(-c5ccccc5)c4)ccc3N2c2ccc(-c3cc(-c4ccccc4)cc(-c4ccccc4)c3)cc21. The molecule has 0 fully saturated rings. The van der Waals surface area contributed by atoms with Crippen LogP contribution in [0.4, 0.5) is 11.4 Å². The third kappa shape index (κ3) is 7.19. The molecule has 9 aromatic rings. The fourth-order valence-electron chi connectivity index (χ4n) is 9.37. The van der Waals surface area contributed by atoms with Gasteiger partial charge in [0.1, 0.15) is 0 Å². The number of hydrogen-bond donors (Lipinski definition) is 0. The van der Waals surface area contributed by atoms with Gasteiger partial charge in [0, 0.05) is 22.6 Å². The van der Waals surface area contributed by atoms with Crippen molar-refractivity contribution in [1.82, 2.24) is 0 Å². The first-order valence-electron chi connectivity index (χ1n) is 21.8. The Bertz CT molecular complexity index is 3220. The van der Waals surface area contributed by atoms with Crippen molar-refractivity contribution in [1.29, 1.82) is 0 Å². The Balaban J connectivity index is 1.10. The fraction of sp³-hybridized carbons (Fsp3) is 0.0164. The largest absolute Gasteiger partial charge is 0.294 e. The minimum atomic E-state index is -3.31. The van der Waals surface area contributed by atoms with E-state index in [4.69, 9.17) is 0 Å². The zero-order chi connectivity index (χ0) is 43.0. The number of allylic oxidation sites excluding steroid dienone is 5. The Morgan fingerprint density at radius 2 is 0.750 bits per heavy atom. The van der Waals surface area contributed by atoms with Crippen LogP contribution in [0.5, 0.6) is 0 Å². The van der Waals surface area contributed by atoms with E-state index in [-0.39, 0.29) is 0 Å². The Hall–Kier alpha value is -7.77. The molecule has 304 valence electrons. The molecule has 1 atom stereocenters. The maximum atomic E-state index is 16.2. The Kier molecular flexibility index (Phi) is 10.1. The lowest BCUT2D eigenvalue weighted by atomic mass is 9.91. The van der Waals surface area contributed by atoms with Crippen LogP contribution >= 0.6 is 7.29 Å². The summed E-state index contributed by atoms with van der Waals surface area (Å²) in [5.74, 6) is 0. The summed E-state index contributed by atoms with van der Waals surface area (Å²) >= 11 is 0. The first-order valence-corrected chi connectivity index (χ1v) is 23.7. The average Bonchev–Trinajstić information content (AvgIpc) is 3.37. The summed E-state index contributed by atoms with van der Waals surface area (Å²) in [5.41, 5.74) is 19.3. The number of hydrogen-bond acceptors (Lipinski definition) is 1. The molecule has 0 aliphatic carbocycles. The van der Waals surface area contributed by atoms with E-state index in [9.17, 15) is 0 Å². The van der Waals surface area contributed by atoms with Crippen molar-refractivity contribution in [2.75, 3.05) is 10.8 Å². The van der Waals surface area contributed by atoms with Crippen molar-refractivity contribution >= 4 is 29.5 Å². The van der Waals surface area contributed by atoms with E-state index >= 15 is 4.57 Å². The highest BCUT2D eigenvalue weighted by Gasteiger charge is 2.41. The van der Waals surface area contributed by atoms with E-state index < -0.39 is 7.29 Å². The van der Waals surface area contributed by atoms with Crippen LogP contribution in [-0.2, 0) is 4.57 Å². The number of benzene rings is 9. The number of rotatable bonds is 6. The predicted octanol–water partition coefficient (Wildman–Crippen LogP) is 16.5. The van der Waals surface area contributed by atoms with E-state index in [2.05, 4.69) is 230 Å². The second kappa shape index (κ2) is 16.5. The molecule has 0 bridgehead atoms. The van der Waals surface area contributed by atoms with Gasteiger partial charge in [0.15, 0.2) is 0 Å². The lowest BCUT2D eigenvalue weighted by Crippen LogP contribution is -2.29. The first kappa shape index (κ1) is 39.1. The van der Waals surface area contributed by atoms with Crippen molar-refractivity contribution in [3.05, 3.63) is 255 Å². The summed E-state index contributed by atoms with van der Waals surface area (Å²) in [6.07, 6.45) is 8.53. The van der Waals surface area contributed by atoms with Crippen LogP contribution in [0.2, 0.25) is 0 Å². The van der Waals surface area contributed by atoms with Crippen LogP contribution < -0.4 is 9.97 Å². The Labute approximate surface area is 375 Å². The molecule has 0 radical (unpaired) electrons. The highest BCUT2D eigenvalue weighted by Crippen LogP contribution is 2.63. The zero-order valence-corrected chi connectivity index (χ0v) is 36.2. The van der Waals surface area contributed by atoms with E-state index in [1.807, 2.05) is 24.3 Å². The second-order valence-electron chi connectivity index (χ2n) is 16.6. The lowest BCUT2D eigenvalue weighted by Gasteiger charge is -2.41. The Morgan fingerprint density at radius 1 is 0.359 bits per heavy atom. The van der Waals surface area contributed by atoms with Gasteiger partial charge in [0.05, 0.1) is 11.4 Å². The van der Waals surface area contributed by atoms with Crippen molar-refractivity contribution in [2.24, 2.45) is 0 Å². The third-order valence-corrected chi connectivity index (χ3v) is 15.5. The summed E-state index contributed by atoms with van der Waals surface area (Å²) in [7, 11) is -3.31. The van der Waals surface area contributed by atoms with E-state index in [1.165, 1.54) is 11.1 Å². The molecule has 64 heavy (non-hydrogen) atoms. The average molecular weight is 838 g/mol. The van der Waals surface area contributed by atoms with Gasteiger partial charge in [-0.25, -0.2) is 0 Å². The molecule has 0 saturated heterocycles.